The first-order chi connectivity index (χ1) is 6.83. The minimum absolute atomic E-state index is 0.0550. The van der Waals surface area contributed by atoms with Gasteiger partial charge in [-0.05, 0) is 18.8 Å². The van der Waals surface area contributed by atoms with Crippen molar-refractivity contribution in [2.45, 2.75) is 46.0 Å². The van der Waals surface area contributed by atoms with Gasteiger partial charge in [-0.3, -0.25) is 0 Å². The van der Waals surface area contributed by atoms with Crippen LogP contribution >= 0.6 is 0 Å². The standard InChI is InChI=1S/C9H18N2O.C2H6/c1-10-9(12)11-7-8-5-3-2-4-6-8;1-2/h8H,2-7H2,1H3,(H2,10,11,12);1-2H3. The van der Waals surface area contributed by atoms with Crippen LogP contribution in [0.4, 0.5) is 4.79 Å². The summed E-state index contributed by atoms with van der Waals surface area (Å²) in [5, 5.41) is 5.41. The second-order valence-corrected chi connectivity index (χ2v) is 3.46. The smallest absolute Gasteiger partial charge is 0.314 e. The SMILES string of the molecule is CC.CNC(=O)NCC1CCCCC1. The lowest BCUT2D eigenvalue weighted by molar-refractivity contribution is 0.238. The van der Waals surface area contributed by atoms with Crippen molar-refractivity contribution < 1.29 is 4.79 Å². The van der Waals surface area contributed by atoms with E-state index >= 15 is 0 Å². The Morgan fingerprint density at radius 3 is 2.29 bits per heavy atom. The molecule has 0 aromatic heterocycles. The number of carbonyl (C=O) groups excluding carboxylic acids is 1. The van der Waals surface area contributed by atoms with E-state index in [0.29, 0.717) is 0 Å². The molecule has 0 aliphatic heterocycles. The molecule has 2 amide bonds. The highest BCUT2D eigenvalue weighted by Crippen LogP contribution is 2.22. The first kappa shape index (κ1) is 13.3. The third kappa shape index (κ3) is 5.84. The number of hydrogen-bond acceptors (Lipinski definition) is 1. The number of amides is 2. The van der Waals surface area contributed by atoms with E-state index in [-0.39, 0.29) is 6.03 Å². The molecule has 0 heterocycles. The van der Waals surface area contributed by atoms with Gasteiger partial charge in [-0.1, -0.05) is 33.1 Å². The minimum atomic E-state index is -0.0550. The predicted octanol–water partition coefficient (Wildman–Crippen LogP) is 2.52. The van der Waals surface area contributed by atoms with Crippen molar-refractivity contribution in [1.29, 1.82) is 0 Å². The Hall–Kier alpha value is -0.730. The van der Waals surface area contributed by atoms with Crippen molar-refractivity contribution in [3.05, 3.63) is 0 Å². The summed E-state index contributed by atoms with van der Waals surface area (Å²) in [6.07, 6.45) is 6.60. The first-order valence-electron chi connectivity index (χ1n) is 5.78. The Kier molecular flexibility index (Phi) is 8.39. The number of nitrogens with one attached hydrogen (secondary N) is 2. The Labute approximate surface area is 87.6 Å². The van der Waals surface area contributed by atoms with Gasteiger partial charge in [0.05, 0.1) is 0 Å². The maximum atomic E-state index is 10.8. The fraction of sp³-hybridized carbons (Fsp3) is 0.909. The molecule has 3 nitrogen and oxygen atoms in total. The molecule has 1 fully saturated rings. The molecule has 0 radical (unpaired) electrons. The Morgan fingerprint density at radius 1 is 1.21 bits per heavy atom. The molecule has 84 valence electrons. The fourth-order valence-electron chi connectivity index (χ4n) is 1.72. The van der Waals surface area contributed by atoms with E-state index in [1.165, 1.54) is 32.1 Å². The van der Waals surface area contributed by atoms with Crippen molar-refractivity contribution in [2.75, 3.05) is 13.6 Å². The van der Waals surface area contributed by atoms with Crippen LogP contribution in [0.15, 0.2) is 0 Å². The normalized spacial score (nSPS) is 16.5. The third-order valence-corrected chi connectivity index (χ3v) is 2.50. The molecule has 0 unspecified atom stereocenters. The third-order valence-electron chi connectivity index (χ3n) is 2.50. The van der Waals surface area contributed by atoms with Crippen LogP contribution in [0.25, 0.3) is 0 Å². The lowest BCUT2D eigenvalue weighted by atomic mass is 9.89. The van der Waals surface area contributed by atoms with E-state index in [0.717, 1.165) is 12.5 Å². The van der Waals surface area contributed by atoms with Crippen LogP contribution in [0.3, 0.4) is 0 Å². The van der Waals surface area contributed by atoms with E-state index in [2.05, 4.69) is 10.6 Å². The van der Waals surface area contributed by atoms with Gasteiger partial charge in [-0.2, -0.15) is 0 Å². The Morgan fingerprint density at radius 2 is 1.79 bits per heavy atom. The molecule has 0 bridgehead atoms. The molecule has 1 rings (SSSR count). The van der Waals surface area contributed by atoms with Gasteiger partial charge in [-0.15, -0.1) is 0 Å². The highest BCUT2D eigenvalue weighted by Gasteiger charge is 2.13. The molecule has 0 aromatic rings. The summed E-state index contributed by atoms with van der Waals surface area (Å²) in [4.78, 5) is 10.8. The second-order valence-electron chi connectivity index (χ2n) is 3.46. The molecule has 0 saturated heterocycles. The largest absolute Gasteiger partial charge is 0.341 e. The zero-order valence-electron chi connectivity index (χ0n) is 9.73. The molecule has 1 aliphatic carbocycles. The van der Waals surface area contributed by atoms with E-state index in [4.69, 9.17) is 0 Å². The number of carbonyl (C=O) groups is 1. The highest BCUT2D eigenvalue weighted by atomic mass is 16.2. The van der Waals surface area contributed by atoms with Crippen LogP contribution < -0.4 is 10.6 Å². The van der Waals surface area contributed by atoms with Crippen molar-refractivity contribution in [1.82, 2.24) is 10.6 Å². The number of rotatable bonds is 2. The molecule has 2 N–H and O–H groups in total. The van der Waals surface area contributed by atoms with E-state index in [9.17, 15) is 4.79 Å². The zero-order chi connectivity index (χ0) is 10.8. The Balaban J connectivity index is 0.000000791. The van der Waals surface area contributed by atoms with Crippen LogP contribution in [0.5, 0.6) is 0 Å². The molecule has 14 heavy (non-hydrogen) atoms. The van der Waals surface area contributed by atoms with Gasteiger partial charge in [0, 0.05) is 13.6 Å². The molecular formula is C11H24N2O. The molecule has 0 spiro atoms. The van der Waals surface area contributed by atoms with Gasteiger partial charge in [0.15, 0.2) is 0 Å². The Bertz CT molecular complexity index is 142. The maximum Gasteiger partial charge on any atom is 0.314 e. The van der Waals surface area contributed by atoms with E-state index < -0.39 is 0 Å². The minimum Gasteiger partial charge on any atom is -0.341 e. The quantitative estimate of drug-likeness (QED) is 0.706. The monoisotopic (exact) mass is 200 g/mol. The van der Waals surface area contributed by atoms with Gasteiger partial charge < -0.3 is 10.6 Å². The van der Waals surface area contributed by atoms with Crippen molar-refractivity contribution >= 4 is 6.03 Å². The summed E-state index contributed by atoms with van der Waals surface area (Å²) in [6, 6.07) is -0.0550. The van der Waals surface area contributed by atoms with E-state index in [1.54, 1.807) is 7.05 Å². The van der Waals surface area contributed by atoms with Gasteiger partial charge in [-0.25, -0.2) is 4.79 Å². The van der Waals surface area contributed by atoms with Crippen LogP contribution in [-0.2, 0) is 0 Å². The molecular weight excluding hydrogens is 176 g/mol. The van der Waals surface area contributed by atoms with Gasteiger partial charge in [0.25, 0.3) is 0 Å². The number of hydrogen-bond donors (Lipinski definition) is 2. The second kappa shape index (κ2) is 8.85. The predicted molar refractivity (Wildman–Crippen MR) is 60.4 cm³/mol. The van der Waals surface area contributed by atoms with Crippen LogP contribution in [0.1, 0.15) is 46.0 Å². The fourth-order valence-corrected chi connectivity index (χ4v) is 1.72. The molecule has 3 heteroatoms. The summed E-state index contributed by atoms with van der Waals surface area (Å²) >= 11 is 0. The van der Waals surface area contributed by atoms with Gasteiger partial charge >= 0.3 is 6.03 Å². The van der Waals surface area contributed by atoms with Crippen molar-refractivity contribution in [3.8, 4) is 0 Å². The number of urea groups is 1. The van der Waals surface area contributed by atoms with Gasteiger partial charge in [0.1, 0.15) is 0 Å². The topological polar surface area (TPSA) is 41.1 Å². The summed E-state index contributed by atoms with van der Waals surface area (Å²) in [5.74, 6) is 0.719. The molecule has 1 aliphatic rings. The van der Waals surface area contributed by atoms with Gasteiger partial charge in [0.2, 0.25) is 0 Å². The van der Waals surface area contributed by atoms with Crippen molar-refractivity contribution in [2.24, 2.45) is 5.92 Å². The van der Waals surface area contributed by atoms with Crippen LogP contribution in [-0.4, -0.2) is 19.6 Å². The summed E-state index contributed by atoms with van der Waals surface area (Å²) < 4.78 is 0. The zero-order valence-corrected chi connectivity index (χ0v) is 9.73. The summed E-state index contributed by atoms with van der Waals surface area (Å²) in [6.45, 7) is 4.85. The molecule has 1 saturated carbocycles. The van der Waals surface area contributed by atoms with E-state index in [1.807, 2.05) is 13.8 Å². The molecule has 0 atom stereocenters. The summed E-state index contributed by atoms with van der Waals surface area (Å²) in [5.41, 5.74) is 0. The lowest BCUT2D eigenvalue weighted by Crippen LogP contribution is -2.36. The average Bonchev–Trinajstić information content (AvgIpc) is 2.30. The van der Waals surface area contributed by atoms with Crippen LogP contribution in [0, 0.1) is 5.92 Å². The van der Waals surface area contributed by atoms with Crippen molar-refractivity contribution in [3.63, 3.8) is 0 Å². The summed E-state index contributed by atoms with van der Waals surface area (Å²) in [7, 11) is 1.65. The first-order valence-corrected chi connectivity index (χ1v) is 5.78. The highest BCUT2D eigenvalue weighted by molar-refractivity contribution is 5.73. The maximum absolute atomic E-state index is 10.8. The molecule has 0 aromatic carbocycles. The van der Waals surface area contributed by atoms with Crippen LogP contribution in [0.2, 0.25) is 0 Å². The lowest BCUT2D eigenvalue weighted by Gasteiger charge is -2.21. The average molecular weight is 200 g/mol.